The summed E-state index contributed by atoms with van der Waals surface area (Å²) in [6, 6.07) is 7.26. The summed E-state index contributed by atoms with van der Waals surface area (Å²) in [6.07, 6.45) is 0. The van der Waals surface area contributed by atoms with Crippen LogP contribution < -0.4 is 4.74 Å². The van der Waals surface area contributed by atoms with Crippen molar-refractivity contribution in [2.45, 2.75) is 13.8 Å². The van der Waals surface area contributed by atoms with Gasteiger partial charge >= 0.3 is 0 Å². The molecule has 2 rings (SSSR count). The number of ether oxygens (including phenoxy) is 1. The maximum absolute atomic E-state index is 12.9. The number of hydrogen-bond acceptors (Lipinski definition) is 2. The first-order valence-electron chi connectivity index (χ1n) is 6.20. The Hall–Kier alpha value is -0.590. The number of carbonyl (C=O) groups excluding carboxylic acids is 1. The van der Waals surface area contributed by atoms with E-state index in [9.17, 15) is 4.79 Å². The predicted octanol–water partition coefficient (Wildman–Crippen LogP) is 5.56. The van der Waals surface area contributed by atoms with E-state index in [4.69, 9.17) is 16.3 Å². The third-order valence-corrected chi connectivity index (χ3v) is 5.67. The van der Waals surface area contributed by atoms with Gasteiger partial charge in [0.2, 0.25) is 0 Å². The molecule has 0 saturated carbocycles. The highest BCUT2D eigenvalue weighted by atomic mass is 127. The van der Waals surface area contributed by atoms with Crippen LogP contribution in [0.3, 0.4) is 0 Å². The van der Waals surface area contributed by atoms with Crippen LogP contribution in [0.25, 0.3) is 0 Å². The van der Waals surface area contributed by atoms with E-state index in [2.05, 4.69) is 38.5 Å². The number of methoxy groups -OCH3 is 1. The fraction of sp³-hybridized carbons (Fsp3) is 0.188. The fourth-order valence-corrected chi connectivity index (χ4v) is 3.23. The van der Waals surface area contributed by atoms with Gasteiger partial charge in [-0.1, -0.05) is 27.5 Å². The Morgan fingerprint density at radius 1 is 1.29 bits per heavy atom. The topological polar surface area (TPSA) is 26.3 Å². The molecule has 0 bridgehead atoms. The molecule has 0 fully saturated rings. The van der Waals surface area contributed by atoms with Crippen molar-refractivity contribution in [2.75, 3.05) is 7.11 Å². The molecular formula is C16H13BrClIO2. The van der Waals surface area contributed by atoms with Crippen LogP contribution >= 0.6 is 50.1 Å². The monoisotopic (exact) mass is 478 g/mol. The molecule has 0 radical (unpaired) electrons. The van der Waals surface area contributed by atoms with Gasteiger partial charge in [-0.25, -0.2) is 0 Å². The van der Waals surface area contributed by atoms with Gasteiger partial charge in [-0.2, -0.15) is 0 Å². The van der Waals surface area contributed by atoms with Crippen molar-refractivity contribution in [2.24, 2.45) is 0 Å². The molecule has 0 heterocycles. The zero-order chi connectivity index (χ0) is 15.7. The van der Waals surface area contributed by atoms with Gasteiger partial charge in [0.25, 0.3) is 0 Å². The number of halogens is 3. The number of ketones is 1. The van der Waals surface area contributed by atoms with Gasteiger partial charge in [0.05, 0.1) is 17.7 Å². The lowest BCUT2D eigenvalue weighted by molar-refractivity contribution is 0.103. The van der Waals surface area contributed by atoms with Gasteiger partial charge in [0.15, 0.2) is 5.78 Å². The minimum absolute atomic E-state index is 0.0907. The molecule has 110 valence electrons. The molecule has 0 aliphatic rings. The van der Waals surface area contributed by atoms with Gasteiger partial charge in [-0.05, 0) is 71.8 Å². The molecule has 0 N–H and O–H groups in total. The van der Waals surface area contributed by atoms with Crippen LogP contribution in [0, 0.1) is 17.4 Å². The quantitative estimate of drug-likeness (QED) is 0.425. The van der Waals surface area contributed by atoms with E-state index in [0.717, 1.165) is 19.2 Å². The molecule has 2 nitrogen and oxygen atoms in total. The predicted molar refractivity (Wildman–Crippen MR) is 97.8 cm³/mol. The van der Waals surface area contributed by atoms with Crippen LogP contribution in [0.15, 0.2) is 28.7 Å². The van der Waals surface area contributed by atoms with E-state index in [-0.39, 0.29) is 5.78 Å². The van der Waals surface area contributed by atoms with Crippen molar-refractivity contribution >= 4 is 55.9 Å². The fourth-order valence-electron chi connectivity index (χ4n) is 2.17. The Bertz CT molecular complexity index is 729. The average Bonchev–Trinajstić information content (AvgIpc) is 2.44. The number of aryl methyl sites for hydroxylation is 1. The lowest BCUT2D eigenvalue weighted by Gasteiger charge is -2.15. The van der Waals surface area contributed by atoms with Gasteiger partial charge in [-0.3, -0.25) is 4.79 Å². The van der Waals surface area contributed by atoms with Crippen molar-refractivity contribution in [3.05, 3.63) is 59.6 Å². The average molecular weight is 480 g/mol. The zero-order valence-electron chi connectivity index (χ0n) is 11.8. The molecule has 0 aliphatic heterocycles. The van der Waals surface area contributed by atoms with Gasteiger partial charge in [0.1, 0.15) is 5.75 Å². The number of hydrogen-bond donors (Lipinski definition) is 0. The van der Waals surface area contributed by atoms with Crippen molar-refractivity contribution in [1.29, 1.82) is 0 Å². The summed E-state index contributed by atoms with van der Waals surface area (Å²) < 4.78 is 7.24. The largest absolute Gasteiger partial charge is 0.496 e. The Labute approximate surface area is 151 Å². The second-order valence-electron chi connectivity index (χ2n) is 4.67. The summed E-state index contributed by atoms with van der Waals surface area (Å²) in [4.78, 5) is 12.9. The van der Waals surface area contributed by atoms with Crippen molar-refractivity contribution in [3.8, 4) is 5.75 Å². The molecule has 2 aromatic carbocycles. The van der Waals surface area contributed by atoms with Crippen molar-refractivity contribution in [3.63, 3.8) is 0 Å². The molecule has 0 aliphatic carbocycles. The second-order valence-corrected chi connectivity index (χ2v) is 7.09. The summed E-state index contributed by atoms with van der Waals surface area (Å²) >= 11 is 11.7. The van der Waals surface area contributed by atoms with E-state index >= 15 is 0 Å². The van der Waals surface area contributed by atoms with Gasteiger partial charge < -0.3 is 4.74 Å². The lowest BCUT2D eigenvalue weighted by atomic mass is 9.96. The van der Waals surface area contributed by atoms with Crippen LogP contribution in [0.5, 0.6) is 5.75 Å². The van der Waals surface area contributed by atoms with E-state index < -0.39 is 0 Å². The second kappa shape index (κ2) is 6.67. The molecule has 0 unspecified atom stereocenters. The Kier molecular flexibility index (Phi) is 5.33. The maximum atomic E-state index is 12.9. The molecule has 21 heavy (non-hydrogen) atoms. The summed E-state index contributed by atoms with van der Waals surface area (Å²) in [5.41, 5.74) is 2.90. The molecule has 0 aromatic heterocycles. The Balaban J connectivity index is 2.65. The van der Waals surface area contributed by atoms with Gasteiger partial charge in [0, 0.05) is 13.6 Å². The van der Waals surface area contributed by atoms with Crippen LogP contribution in [-0.2, 0) is 0 Å². The molecular weight excluding hydrogens is 466 g/mol. The van der Waals surface area contributed by atoms with E-state index in [1.54, 1.807) is 19.2 Å². The third kappa shape index (κ3) is 3.27. The molecule has 0 amide bonds. The zero-order valence-corrected chi connectivity index (χ0v) is 16.3. The Morgan fingerprint density at radius 2 is 1.95 bits per heavy atom. The maximum Gasteiger partial charge on any atom is 0.197 e. The molecule has 0 spiro atoms. The van der Waals surface area contributed by atoms with Crippen LogP contribution in [0.1, 0.15) is 27.0 Å². The smallest absolute Gasteiger partial charge is 0.197 e. The number of carbonyl (C=O) groups is 1. The minimum Gasteiger partial charge on any atom is -0.496 e. The normalized spacial score (nSPS) is 10.6. The van der Waals surface area contributed by atoms with E-state index in [1.807, 2.05) is 26.0 Å². The highest BCUT2D eigenvalue weighted by molar-refractivity contribution is 14.1. The first-order chi connectivity index (χ1) is 9.86. The van der Waals surface area contributed by atoms with Crippen LogP contribution in [0.2, 0.25) is 5.02 Å². The highest BCUT2D eigenvalue weighted by Crippen LogP contribution is 2.34. The summed E-state index contributed by atoms with van der Waals surface area (Å²) in [7, 11) is 1.58. The first kappa shape index (κ1) is 16.8. The van der Waals surface area contributed by atoms with Gasteiger partial charge in [-0.15, -0.1) is 0 Å². The Morgan fingerprint density at radius 3 is 2.52 bits per heavy atom. The standard InChI is InChI=1S/C16H13BrClIO2/c1-8-6-11(17)9(2)14(16(8)21-3)15(20)10-4-5-13(19)12(18)7-10/h4-7H,1-3H3. The SMILES string of the molecule is COc1c(C)cc(Br)c(C)c1C(=O)c1ccc(I)c(Cl)c1. The molecule has 5 heteroatoms. The third-order valence-electron chi connectivity index (χ3n) is 3.27. The van der Waals surface area contributed by atoms with Crippen LogP contribution in [0.4, 0.5) is 0 Å². The lowest BCUT2D eigenvalue weighted by Crippen LogP contribution is -2.08. The molecule has 0 atom stereocenters. The van der Waals surface area contributed by atoms with Crippen molar-refractivity contribution in [1.82, 2.24) is 0 Å². The minimum atomic E-state index is -0.0907. The number of rotatable bonds is 3. The number of benzene rings is 2. The van der Waals surface area contributed by atoms with Crippen molar-refractivity contribution < 1.29 is 9.53 Å². The van der Waals surface area contributed by atoms with Crippen LogP contribution in [-0.4, -0.2) is 12.9 Å². The summed E-state index contributed by atoms with van der Waals surface area (Å²) in [6.45, 7) is 3.81. The van der Waals surface area contributed by atoms with E-state index in [0.29, 0.717) is 21.9 Å². The first-order valence-corrected chi connectivity index (χ1v) is 8.45. The summed E-state index contributed by atoms with van der Waals surface area (Å²) in [5, 5.41) is 0.574. The molecule has 0 saturated heterocycles. The van der Waals surface area contributed by atoms with E-state index in [1.165, 1.54) is 0 Å². The molecule has 2 aromatic rings. The highest BCUT2D eigenvalue weighted by Gasteiger charge is 2.21. The summed E-state index contributed by atoms with van der Waals surface area (Å²) in [5.74, 6) is 0.516.